The van der Waals surface area contributed by atoms with Crippen LogP contribution in [-0.2, 0) is 16.0 Å². The molecule has 2 saturated heterocycles. The van der Waals surface area contributed by atoms with Gasteiger partial charge in [0, 0.05) is 30.8 Å². The number of carbonyl (C=O) groups is 1. The van der Waals surface area contributed by atoms with Crippen molar-refractivity contribution >= 4 is 5.91 Å². The molecule has 0 aliphatic carbocycles. The summed E-state index contributed by atoms with van der Waals surface area (Å²) in [6.07, 6.45) is 4.76. The molecule has 1 aromatic rings. The van der Waals surface area contributed by atoms with Crippen LogP contribution in [0.1, 0.15) is 25.0 Å². The highest BCUT2D eigenvalue weighted by molar-refractivity contribution is 5.79. The van der Waals surface area contributed by atoms with Crippen LogP contribution >= 0.6 is 0 Å². The Labute approximate surface area is 135 Å². The molecule has 0 aromatic carbocycles. The van der Waals surface area contributed by atoms with Gasteiger partial charge in [-0.3, -0.25) is 9.59 Å². The number of nitrogens with zero attached hydrogens (tertiary/aromatic N) is 2. The van der Waals surface area contributed by atoms with Crippen LogP contribution in [0.2, 0.25) is 0 Å². The van der Waals surface area contributed by atoms with Gasteiger partial charge in [0.15, 0.2) is 0 Å². The number of morpholine rings is 1. The predicted molar refractivity (Wildman–Crippen MR) is 85.1 cm³/mol. The highest BCUT2D eigenvalue weighted by atomic mass is 16.5. The SMILES string of the molecule is O=C(C1CCNCC1)N1CCOC(CCc2cc(=O)[nH]cn2)C1. The van der Waals surface area contributed by atoms with E-state index in [4.69, 9.17) is 4.74 Å². The highest BCUT2D eigenvalue weighted by Gasteiger charge is 2.29. The van der Waals surface area contributed by atoms with Gasteiger partial charge in [-0.15, -0.1) is 0 Å². The number of ether oxygens (including phenoxy) is 1. The van der Waals surface area contributed by atoms with E-state index in [1.807, 2.05) is 4.90 Å². The molecule has 1 aromatic heterocycles. The van der Waals surface area contributed by atoms with E-state index in [0.29, 0.717) is 26.1 Å². The molecule has 3 rings (SSSR count). The first kappa shape index (κ1) is 16.1. The third kappa shape index (κ3) is 4.39. The largest absolute Gasteiger partial charge is 0.375 e. The molecule has 0 bridgehead atoms. The van der Waals surface area contributed by atoms with Crippen molar-refractivity contribution in [1.29, 1.82) is 0 Å². The summed E-state index contributed by atoms with van der Waals surface area (Å²) in [5.74, 6) is 0.429. The van der Waals surface area contributed by atoms with Gasteiger partial charge in [-0.25, -0.2) is 4.98 Å². The average Bonchev–Trinajstić information content (AvgIpc) is 2.60. The highest BCUT2D eigenvalue weighted by Crippen LogP contribution is 2.18. The van der Waals surface area contributed by atoms with Crippen LogP contribution in [0.15, 0.2) is 17.2 Å². The van der Waals surface area contributed by atoms with Crippen LogP contribution in [0.3, 0.4) is 0 Å². The van der Waals surface area contributed by atoms with Crippen LogP contribution in [0.25, 0.3) is 0 Å². The van der Waals surface area contributed by atoms with Crippen LogP contribution in [0, 0.1) is 5.92 Å². The van der Waals surface area contributed by atoms with Crippen molar-refractivity contribution in [2.45, 2.75) is 31.8 Å². The summed E-state index contributed by atoms with van der Waals surface area (Å²) in [5.41, 5.74) is 0.626. The Morgan fingerprint density at radius 2 is 2.22 bits per heavy atom. The first-order valence-electron chi connectivity index (χ1n) is 8.37. The predicted octanol–water partition coefficient (Wildman–Crippen LogP) is -0.0705. The monoisotopic (exact) mass is 320 g/mol. The number of hydrogen-bond acceptors (Lipinski definition) is 5. The molecule has 1 unspecified atom stereocenters. The van der Waals surface area contributed by atoms with Crippen LogP contribution in [0.4, 0.5) is 0 Å². The maximum absolute atomic E-state index is 12.6. The van der Waals surface area contributed by atoms with Crippen molar-refractivity contribution in [3.63, 3.8) is 0 Å². The smallest absolute Gasteiger partial charge is 0.250 e. The summed E-state index contributed by atoms with van der Waals surface area (Å²) in [4.78, 5) is 32.5. The van der Waals surface area contributed by atoms with Crippen molar-refractivity contribution in [2.24, 2.45) is 5.92 Å². The topological polar surface area (TPSA) is 87.3 Å². The maximum Gasteiger partial charge on any atom is 0.250 e. The van der Waals surface area contributed by atoms with E-state index < -0.39 is 0 Å². The van der Waals surface area contributed by atoms with Crippen LogP contribution < -0.4 is 10.9 Å². The number of aromatic amines is 1. The van der Waals surface area contributed by atoms with Crippen molar-refractivity contribution < 1.29 is 9.53 Å². The number of piperidine rings is 1. The number of H-pyrrole nitrogens is 1. The van der Waals surface area contributed by atoms with Gasteiger partial charge in [0.25, 0.3) is 5.56 Å². The van der Waals surface area contributed by atoms with Crippen LogP contribution in [0.5, 0.6) is 0 Å². The molecule has 7 nitrogen and oxygen atoms in total. The van der Waals surface area contributed by atoms with Gasteiger partial charge >= 0.3 is 0 Å². The molecule has 0 spiro atoms. The lowest BCUT2D eigenvalue weighted by Crippen LogP contribution is -2.49. The van der Waals surface area contributed by atoms with Gasteiger partial charge in [0.2, 0.25) is 5.91 Å². The second kappa shape index (κ2) is 7.70. The fourth-order valence-corrected chi connectivity index (χ4v) is 3.28. The lowest BCUT2D eigenvalue weighted by molar-refractivity contribution is -0.144. The number of carbonyl (C=O) groups excluding carboxylic acids is 1. The normalized spacial score (nSPS) is 23.0. The molecule has 1 atom stereocenters. The summed E-state index contributed by atoms with van der Waals surface area (Å²) in [6.45, 7) is 3.77. The minimum absolute atomic E-state index is 0.0236. The third-order valence-electron chi connectivity index (χ3n) is 4.60. The van der Waals surface area contributed by atoms with Crippen molar-refractivity contribution in [2.75, 3.05) is 32.8 Å². The van der Waals surface area contributed by atoms with Crippen molar-refractivity contribution in [3.8, 4) is 0 Å². The van der Waals surface area contributed by atoms with Gasteiger partial charge in [-0.1, -0.05) is 0 Å². The Balaban J connectivity index is 1.51. The van der Waals surface area contributed by atoms with Gasteiger partial charge in [-0.05, 0) is 38.8 Å². The Morgan fingerprint density at radius 1 is 1.39 bits per heavy atom. The maximum atomic E-state index is 12.6. The molecule has 2 N–H and O–H groups in total. The minimum Gasteiger partial charge on any atom is -0.375 e. The number of hydrogen-bond donors (Lipinski definition) is 2. The zero-order valence-corrected chi connectivity index (χ0v) is 13.3. The molecule has 0 saturated carbocycles. The molecule has 0 radical (unpaired) electrons. The molecular formula is C16H24N4O3. The van der Waals surface area contributed by atoms with E-state index in [2.05, 4.69) is 15.3 Å². The van der Waals surface area contributed by atoms with Gasteiger partial charge < -0.3 is 19.9 Å². The van der Waals surface area contributed by atoms with Crippen molar-refractivity contribution in [1.82, 2.24) is 20.2 Å². The fraction of sp³-hybridized carbons (Fsp3) is 0.688. The fourth-order valence-electron chi connectivity index (χ4n) is 3.28. The van der Waals surface area contributed by atoms with E-state index in [1.54, 1.807) is 0 Å². The Bertz CT molecular complexity index is 583. The molecule has 3 heterocycles. The minimum atomic E-state index is -0.137. The third-order valence-corrected chi connectivity index (χ3v) is 4.60. The quantitative estimate of drug-likeness (QED) is 0.811. The van der Waals surface area contributed by atoms with E-state index in [-0.39, 0.29) is 23.5 Å². The molecule has 7 heteroatoms. The number of nitrogens with one attached hydrogen (secondary N) is 2. The van der Waals surface area contributed by atoms with E-state index in [1.165, 1.54) is 12.4 Å². The Hall–Kier alpha value is -1.73. The summed E-state index contributed by atoms with van der Waals surface area (Å²) in [6, 6.07) is 1.51. The number of rotatable bonds is 4. The molecule has 126 valence electrons. The second-order valence-corrected chi connectivity index (χ2v) is 6.24. The lowest BCUT2D eigenvalue weighted by atomic mass is 9.96. The first-order valence-corrected chi connectivity index (χ1v) is 8.37. The zero-order chi connectivity index (χ0) is 16.1. The molecule has 2 aliphatic rings. The summed E-state index contributed by atoms with van der Waals surface area (Å²) >= 11 is 0. The summed E-state index contributed by atoms with van der Waals surface area (Å²) in [5, 5.41) is 3.29. The van der Waals surface area contributed by atoms with E-state index in [9.17, 15) is 9.59 Å². The molecule has 2 fully saturated rings. The zero-order valence-electron chi connectivity index (χ0n) is 13.3. The molecule has 23 heavy (non-hydrogen) atoms. The molecule has 2 aliphatic heterocycles. The Morgan fingerprint density at radius 3 is 3.00 bits per heavy atom. The Kier molecular flexibility index (Phi) is 5.40. The number of aromatic nitrogens is 2. The van der Waals surface area contributed by atoms with Gasteiger partial charge in [0.05, 0.1) is 19.0 Å². The summed E-state index contributed by atoms with van der Waals surface area (Å²) in [7, 11) is 0. The second-order valence-electron chi connectivity index (χ2n) is 6.24. The number of amides is 1. The molecule has 1 amide bonds. The van der Waals surface area contributed by atoms with Crippen molar-refractivity contribution in [3.05, 3.63) is 28.4 Å². The van der Waals surface area contributed by atoms with E-state index >= 15 is 0 Å². The lowest BCUT2D eigenvalue weighted by Gasteiger charge is -2.36. The summed E-state index contributed by atoms with van der Waals surface area (Å²) < 4.78 is 5.78. The van der Waals surface area contributed by atoms with Gasteiger partial charge in [0.1, 0.15) is 0 Å². The standard InChI is InChI=1S/C16H24N4O3/c21-15-9-13(18-11-19-15)1-2-14-10-20(7-8-23-14)16(22)12-3-5-17-6-4-12/h9,11-12,14,17H,1-8,10H2,(H,18,19,21). The number of aryl methyl sites for hydroxylation is 1. The van der Waals surface area contributed by atoms with E-state index in [0.717, 1.165) is 38.0 Å². The van der Waals surface area contributed by atoms with Crippen LogP contribution in [-0.4, -0.2) is 59.7 Å². The first-order chi connectivity index (χ1) is 11.2. The van der Waals surface area contributed by atoms with Gasteiger partial charge in [-0.2, -0.15) is 0 Å². The average molecular weight is 320 g/mol. The molecular weight excluding hydrogens is 296 g/mol.